The lowest BCUT2D eigenvalue weighted by atomic mass is 10.2. The van der Waals surface area contributed by atoms with E-state index >= 15 is 0 Å². The summed E-state index contributed by atoms with van der Waals surface area (Å²) in [7, 11) is 0. The van der Waals surface area contributed by atoms with Crippen LogP contribution in [0, 0.1) is 12.7 Å². The molecule has 1 aromatic carbocycles. The molecule has 1 atom stereocenters. The van der Waals surface area contributed by atoms with Gasteiger partial charge >= 0.3 is 0 Å². The number of halogens is 2. The fourth-order valence-electron chi connectivity index (χ4n) is 4.05. The second kappa shape index (κ2) is 11.1. The minimum atomic E-state index is -0.726. The summed E-state index contributed by atoms with van der Waals surface area (Å²) in [6.45, 7) is 6.62. The normalized spacial score (nSPS) is 14.9. The number of ether oxygens (including phenoxy) is 1. The minimum absolute atomic E-state index is 0.129. The van der Waals surface area contributed by atoms with Crippen LogP contribution in [0.1, 0.15) is 41.4 Å². The first-order valence-electron chi connectivity index (χ1n) is 11.5. The highest BCUT2D eigenvalue weighted by Gasteiger charge is 2.20. The fraction of sp³-hybridized carbons (Fsp3) is 0.458. The highest BCUT2D eigenvalue weighted by Crippen LogP contribution is 2.36. The molecule has 182 valence electrons. The van der Waals surface area contributed by atoms with Gasteiger partial charge in [-0.05, 0) is 70.4 Å². The standard InChI is InChI=1S/C24H29F2N5O2S/c1-15(13-25)33-19-12-17(26)6-7-18(19)30-22-20-16(2)21(34-24(20)29-14-28-22)23(32)27-8-5-11-31-9-3-4-10-31/h6-7,12,14-15H,3-5,8-11,13H2,1-2H3,(H,27,32)(H,28,29,30). The molecule has 2 N–H and O–H groups in total. The maximum absolute atomic E-state index is 13.8. The van der Waals surface area contributed by atoms with Crippen molar-refractivity contribution in [3.8, 4) is 5.75 Å². The lowest BCUT2D eigenvalue weighted by Crippen LogP contribution is -2.28. The highest BCUT2D eigenvalue weighted by atomic mass is 32.1. The minimum Gasteiger partial charge on any atom is -0.486 e. The molecule has 34 heavy (non-hydrogen) atoms. The van der Waals surface area contributed by atoms with Gasteiger partial charge in [0.2, 0.25) is 0 Å². The number of benzene rings is 1. The molecular formula is C24H29F2N5O2S. The summed E-state index contributed by atoms with van der Waals surface area (Å²) in [5, 5.41) is 6.88. The van der Waals surface area contributed by atoms with Gasteiger partial charge in [-0.2, -0.15) is 0 Å². The van der Waals surface area contributed by atoms with Crippen LogP contribution in [0.15, 0.2) is 24.5 Å². The Labute approximate surface area is 201 Å². The molecule has 0 aliphatic carbocycles. The molecule has 0 saturated carbocycles. The van der Waals surface area contributed by atoms with Crippen molar-refractivity contribution in [1.82, 2.24) is 20.2 Å². The van der Waals surface area contributed by atoms with Gasteiger partial charge in [0.05, 0.1) is 16.0 Å². The summed E-state index contributed by atoms with van der Waals surface area (Å²) in [5.74, 6) is 0.0299. The summed E-state index contributed by atoms with van der Waals surface area (Å²) in [5.41, 5.74) is 1.21. The zero-order chi connectivity index (χ0) is 24.1. The van der Waals surface area contributed by atoms with Crippen LogP contribution >= 0.6 is 11.3 Å². The number of rotatable bonds is 10. The number of hydrogen-bond donors (Lipinski definition) is 2. The molecule has 0 spiro atoms. The second-order valence-electron chi connectivity index (χ2n) is 8.47. The summed E-state index contributed by atoms with van der Waals surface area (Å²) in [6.07, 6.45) is 4.10. The number of likely N-dealkylation sites (tertiary alicyclic amines) is 1. The predicted molar refractivity (Wildman–Crippen MR) is 131 cm³/mol. The van der Waals surface area contributed by atoms with Gasteiger partial charge in [0.1, 0.15) is 41.3 Å². The zero-order valence-electron chi connectivity index (χ0n) is 19.4. The molecule has 0 bridgehead atoms. The number of thiophene rings is 1. The lowest BCUT2D eigenvalue weighted by Gasteiger charge is -2.16. The van der Waals surface area contributed by atoms with Crippen LogP contribution in [0.3, 0.4) is 0 Å². The topological polar surface area (TPSA) is 79.4 Å². The first kappa shape index (κ1) is 24.3. The highest BCUT2D eigenvalue weighted by molar-refractivity contribution is 7.20. The number of nitrogens with one attached hydrogen (secondary N) is 2. The van der Waals surface area contributed by atoms with Crippen LogP contribution in [-0.2, 0) is 0 Å². The van der Waals surface area contributed by atoms with E-state index in [4.69, 9.17) is 4.74 Å². The third-order valence-corrected chi connectivity index (χ3v) is 7.01. The molecule has 7 nitrogen and oxygen atoms in total. The Balaban J connectivity index is 1.51. The molecule has 1 aliphatic heterocycles. The van der Waals surface area contributed by atoms with E-state index < -0.39 is 18.6 Å². The van der Waals surface area contributed by atoms with Gasteiger partial charge in [-0.15, -0.1) is 11.3 Å². The summed E-state index contributed by atoms with van der Waals surface area (Å²) >= 11 is 1.31. The second-order valence-corrected chi connectivity index (χ2v) is 9.46. The number of nitrogens with zero attached hydrogens (tertiary/aromatic N) is 3. The molecule has 2 aromatic heterocycles. The van der Waals surface area contributed by atoms with Crippen molar-refractivity contribution < 1.29 is 18.3 Å². The van der Waals surface area contributed by atoms with E-state index in [0.29, 0.717) is 33.1 Å². The Bertz CT molecular complexity index is 1150. The smallest absolute Gasteiger partial charge is 0.261 e. The number of alkyl halides is 1. The van der Waals surface area contributed by atoms with Crippen molar-refractivity contribution >= 4 is 39.0 Å². The summed E-state index contributed by atoms with van der Waals surface area (Å²) < 4.78 is 32.3. The molecule has 1 amide bonds. The Morgan fingerprint density at radius 2 is 2.09 bits per heavy atom. The lowest BCUT2D eigenvalue weighted by molar-refractivity contribution is 0.0955. The van der Waals surface area contributed by atoms with Gasteiger partial charge < -0.3 is 20.3 Å². The monoisotopic (exact) mass is 489 g/mol. The number of amides is 1. The number of anilines is 2. The maximum atomic E-state index is 13.8. The number of carbonyl (C=O) groups is 1. The Morgan fingerprint density at radius 3 is 2.85 bits per heavy atom. The Hall–Kier alpha value is -2.85. The molecule has 1 unspecified atom stereocenters. The number of hydrogen-bond acceptors (Lipinski definition) is 7. The van der Waals surface area contributed by atoms with Gasteiger partial charge in [0.25, 0.3) is 5.91 Å². The first-order valence-corrected chi connectivity index (χ1v) is 12.3. The molecule has 3 heterocycles. The fourth-order valence-corrected chi connectivity index (χ4v) is 5.11. The average Bonchev–Trinajstić information content (AvgIpc) is 3.46. The van der Waals surface area contributed by atoms with E-state index in [1.807, 2.05) is 6.92 Å². The summed E-state index contributed by atoms with van der Waals surface area (Å²) in [4.78, 5) is 25.2. The molecule has 0 radical (unpaired) electrons. The molecule has 1 saturated heterocycles. The predicted octanol–water partition coefficient (Wildman–Crippen LogP) is 4.83. The number of aromatic nitrogens is 2. The zero-order valence-corrected chi connectivity index (χ0v) is 20.2. The van der Waals surface area contributed by atoms with Crippen molar-refractivity contribution in [1.29, 1.82) is 0 Å². The quantitative estimate of drug-likeness (QED) is 0.397. The largest absolute Gasteiger partial charge is 0.486 e. The average molecular weight is 490 g/mol. The van der Waals surface area contributed by atoms with Gasteiger partial charge in [-0.3, -0.25) is 4.79 Å². The van der Waals surface area contributed by atoms with E-state index in [1.165, 1.54) is 48.7 Å². The molecule has 1 fully saturated rings. The van der Waals surface area contributed by atoms with Crippen molar-refractivity contribution in [3.05, 3.63) is 40.8 Å². The van der Waals surface area contributed by atoms with Gasteiger partial charge in [-0.25, -0.2) is 18.7 Å². The molecular weight excluding hydrogens is 460 g/mol. The van der Waals surface area contributed by atoms with Crippen molar-refractivity contribution in [2.45, 2.75) is 39.2 Å². The third-order valence-electron chi connectivity index (χ3n) is 5.81. The van der Waals surface area contributed by atoms with Gasteiger partial charge in [-0.1, -0.05) is 0 Å². The van der Waals surface area contributed by atoms with Crippen LogP contribution < -0.4 is 15.4 Å². The van der Waals surface area contributed by atoms with Crippen LogP contribution in [0.2, 0.25) is 0 Å². The Morgan fingerprint density at radius 1 is 1.29 bits per heavy atom. The van der Waals surface area contributed by atoms with Crippen LogP contribution in [0.5, 0.6) is 5.75 Å². The Kier molecular flexibility index (Phi) is 7.89. The van der Waals surface area contributed by atoms with Crippen molar-refractivity contribution in [2.75, 3.05) is 38.2 Å². The van der Waals surface area contributed by atoms with Gasteiger partial charge in [0.15, 0.2) is 0 Å². The number of fused-ring (bicyclic) bond motifs is 1. The van der Waals surface area contributed by atoms with Crippen LogP contribution in [0.4, 0.5) is 20.3 Å². The molecule has 4 rings (SSSR count). The van der Waals surface area contributed by atoms with E-state index in [-0.39, 0.29) is 11.7 Å². The molecule has 3 aromatic rings. The van der Waals surface area contributed by atoms with Crippen LogP contribution in [0.25, 0.3) is 10.2 Å². The number of carbonyl (C=O) groups excluding carboxylic acids is 1. The SMILES string of the molecule is Cc1c(C(=O)NCCCN2CCCC2)sc2ncnc(Nc3ccc(F)cc3OC(C)CF)c12. The van der Waals surface area contributed by atoms with E-state index in [9.17, 15) is 13.6 Å². The summed E-state index contributed by atoms with van der Waals surface area (Å²) in [6, 6.07) is 4.00. The van der Waals surface area contributed by atoms with Crippen molar-refractivity contribution in [2.24, 2.45) is 0 Å². The van der Waals surface area contributed by atoms with E-state index in [1.54, 1.807) is 6.92 Å². The van der Waals surface area contributed by atoms with E-state index in [0.717, 1.165) is 31.6 Å². The third kappa shape index (κ3) is 5.61. The van der Waals surface area contributed by atoms with E-state index in [2.05, 4.69) is 25.5 Å². The van der Waals surface area contributed by atoms with Gasteiger partial charge in [0, 0.05) is 12.6 Å². The maximum Gasteiger partial charge on any atom is 0.261 e. The first-order chi connectivity index (χ1) is 16.5. The van der Waals surface area contributed by atoms with Crippen LogP contribution in [-0.4, -0.2) is 59.7 Å². The molecule has 1 aliphatic rings. The van der Waals surface area contributed by atoms with Crippen molar-refractivity contribution in [3.63, 3.8) is 0 Å². The molecule has 10 heteroatoms. The number of aryl methyl sites for hydroxylation is 1.